The topological polar surface area (TPSA) is 93.1 Å². The Hall–Kier alpha value is -4.27. The van der Waals surface area contributed by atoms with Gasteiger partial charge in [-0.25, -0.2) is 13.8 Å². The van der Waals surface area contributed by atoms with E-state index in [0.717, 1.165) is 25.8 Å². The number of phenolic OH excluding ortho intramolecular Hbond substituents is 1. The fourth-order valence-electron chi connectivity index (χ4n) is 6.64. The smallest absolute Gasteiger partial charge is 0.319 e. The first-order chi connectivity index (χ1) is 20.8. The van der Waals surface area contributed by atoms with Gasteiger partial charge in [-0.15, -0.1) is 6.42 Å². The predicted octanol–water partition coefficient (Wildman–Crippen LogP) is 4.66. The number of aromatic hydroxyl groups is 1. The molecule has 4 aromatic rings. The van der Waals surface area contributed by atoms with E-state index in [4.69, 9.17) is 25.6 Å². The molecule has 9 nitrogen and oxygen atoms in total. The molecule has 0 bridgehead atoms. The summed E-state index contributed by atoms with van der Waals surface area (Å²) in [6.07, 6.45) is 8.27. The van der Waals surface area contributed by atoms with Crippen LogP contribution < -0.4 is 14.4 Å². The highest BCUT2D eigenvalue weighted by molar-refractivity contribution is 6.04. The first-order valence-corrected chi connectivity index (χ1v) is 14.5. The van der Waals surface area contributed by atoms with Gasteiger partial charge in [-0.3, -0.25) is 4.90 Å². The molecule has 222 valence electrons. The molecule has 3 aliphatic heterocycles. The van der Waals surface area contributed by atoms with Crippen molar-refractivity contribution in [3.05, 3.63) is 41.5 Å². The van der Waals surface area contributed by atoms with Gasteiger partial charge >= 0.3 is 6.01 Å². The van der Waals surface area contributed by atoms with Crippen molar-refractivity contribution in [2.24, 2.45) is 0 Å². The van der Waals surface area contributed by atoms with Crippen LogP contribution in [-0.4, -0.2) is 83.1 Å². The number of pyridine rings is 1. The Morgan fingerprint density at radius 2 is 1.98 bits per heavy atom. The number of terminal acetylenes is 1. The maximum absolute atomic E-state index is 16.8. The van der Waals surface area contributed by atoms with Crippen molar-refractivity contribution in [1.82, 2.24) is 19.9 Å². The van der Waals surface area contributed by atoms with Crippen LogP contribution in [0, 0.1) is 24.0 Å². The number of likely N-dealkylation sites (N-methyl/N-ethyl adjacent to an activating group) is 1. The van der Waals surface area contributed by atoms with Crippen LogP contribution in [0.4, 0.5) is 14.6 Å². The molecular formula is C32H31F2N5O4. The van der Waals surface area contributed by atoms with Crippen molar-refractivity contribution < 1.29 is 28.1 Å². The third-order valence-electron chi connectivity index (χ3n) is 8.76. The number of rotatable bonds is 5. The van der Waals surface area contributed by atoms with Gasteiger partial charge in [0.2, 0.25) is 5.88 Å². The quantitative estimate of drug-likeness (QED) is 0.335. The zero-order valence-corrected chi connectivity index (χ0v) is 23.9. The molecule has 11 heteroatoms. The number of phenols is 1. The number of benzene rings is 2. The average Bonchev–Trinajstić information content (AvgIpc) is 3.64. The summed E-state index contributed by atoms with van der Waals surface area (Å²) in [5, 5.41) is 11.6. The van der Waals surface area contributed by atoms with E-state index in [2.05, 4.69) is 32.7 Å². The highest BCUT2D eigenvalue weighted by atomic mass is 19.1. The highest BCUT2D eigenvalue weighted by Gasteiger charge is 2.34. The molecule has 2 aromatic carbocycles. The number of halogens is 2. The maximum atomic E-state index is 16.8. The molecule has 0 amide bonds. The van der Waals surface area contributed by atoms with Gasteiger partial charge < -0.3 is 24.2 Å². The summed E-state index contributed by atoms with van der Waals surface area (Å²) in [7, 11) is 2.06. The molecule has 1 unspecified atom stereocenters. The van der Waals surface area contributed by atoms with Gasteiger partial charge in [0, 0.05) is 23.6 Å². The van der Waals surface area contributed by atoms with E-state index in [1.54, 1.807) is 0 Å². The number of hydrogen-bond acceptors (Lipinski definition) is 9. The van der Waals surface area contributed by atoms with Gasteiger partial charge in [-0.05, 0) is 63.4 Å². The molecule has 2 fully saturated rings. The molecule has 3 atom stereocenters. The van der Waals surface area contributed by atoms with Crippen molar-refractivity contribution in [3.8, 4) is 41.2 Å². The van der Waals surface area contributed by atoms with Crippen molar-refractivity contribution in [1.29, 1.82) is 0 Å². The second-order valence-corrected chi connectivity index (χ2v) is 11.4. The lowest BCUT2D eigenvalue weighted by molar-refractivity contribution is 0.112. The summed E-state index contributed by atoms with van der Waals surface area (Å²) >= 11 is 0. The number of likely N-dealkylation sites (tertiary alicyclic amines) is 1. The minimum atomic E-state index is -0.787. The molecule has 0 saturated carbocycles. The van der Waals surface area contributed by atoms with Crippen LogP contribution in [0.15, 0.2) is 24.3 Å². The molecule has 5 heterocycles. The van der Waals surface area contributed by atoms with Crippen LogP contribution >= 0.6 is 0 Å². The van der Waals surface area contributed by atoms with Crippen molar-refractivity contribution in [2.75, 3.05) is 44.9 Å². The Balaban J connectivity index is 1.47. The van der Waals surface area contributed by atoms with Crippen LogP contribution in [0.1, 0.15) is 31.7 Å². The number of fused-ring (bicyclic) bond motifs is 1. The summed E-state index contributed by atoms with van der Waals surface area (Å²) in [5.74, 6) is 1.39. The van der Waals surface area contributed by atoms with Crippen LogP contribution in [0.2, 0.25) is 0 Å². The molecule has 1 N–H and O–H groups in total. The number of ether oxygens (including phenoxy) is 3. The lowest BCUT2D eigenvalue weighted by Crippen LogP contribution is -2.39. The lowest BCUT2D eigenvalue weighted by atomic mass is 9.95. The van der Waals surface area contributed by atoms with Crippen LogP contribution in [0.3, 0.4) is 0 Å². The van der Waals surface area contributed by atoms with Crippen LogP contribution in [0.25, 0.3) is 32.9 Å². The third-order valence-corrected chi connectivity index (χ3v) is 8.76. The number of anilines is 1. The number of aromatic nitrogens is 3. The zero-order valence-electron chi connectivity index (χ0n) is 23.9. The number of nitrogens with zero attached hydrogens (tertiary/aromatic N) is 5. The Morgan fingerprint density at radius 1 is 1.12 bits per heavy atom. The largest absolute Gasteiger partial charge is 0.508 e. The molecule has 7 rings (SSSR count). The molecule has 3 aliphatic rings. The second-order valence-electron chi connectivity index (χ2n) is 11.4. The molecule has 0 aliphatic carbocycles. The minimum Gasteiger partial charge on any atom is -0.508 e. The summed E-state index contributed by atoms with van der Waals surface area (Å²) in [6.45, 7) is 4.78. The third kappa shape index (κ3) is 4.65. The van der Waals surface area contributed by atoms with Crippen molar-refractivity contribution in [3.63, 3.8) is 0 Å². The fourth-order valence-corrected chi connectivity index (χ4v) is 6.64. The minimum absolute atomic E-state index is 0.0119. The normalized spacial score (nSPS) is 21.1. The van der Waals surface area contributed by atoms with E-state index in [1.807, 2.05) is 6.92 Å². The highest BCUT2D eigenvalue weighted by Crippen LogP contribution is 2.43. The molecule has 2 aromatic heterocycles. The first kappa shape index (κ1) is 27.6. The zero-order chi connectivity index (χ0) is 29.8. The molecule has 0 radical (unpaired) electrons. The summed E-state index contributed by atoms with van der Waals surface area (Å²) < 4.78 is 49.8. The van der Waals surface area contributed by atoms with E-state index in [9.17, 15) is 9.50 Å². The predicted molar refractivity (Wildman–Crippen MR) is 158 cm³/mol. The van der Waals surface area contributed by atoms with Gasteiger partial charge in [0.05, 0.1) is 24.8 Å². The monoisotopic (exact) mass is 587 g/mol. The van der Waals surface area contributed by atoms with Crippen molar-refractivity contribution >= 4 is 27.5 Å². The molecule has 43 heavy (non-hydrogen) atoms. The Morgan fingerprint density at radius 3 is 2.72 bits per heavy atom. The Labute approximate surface area is 247 Å². The Kier molecular flexibility index (Phi) is 6.91. The van der Waals surface area contributed by atoms with Crippen LogP contribution in [0.5, 0.6) is 17.6 Å². The fraction of sp³-hybridized carbons (Fsp3) is 0.406. The van der Waals surface area contributed by atoms with E-state index >= 15 is 4.39 Å². The summed E-state index contributed by atoms with van der Waals surface area (Å²) in [4.78, 5) is 18.3. The standard InChI is InChI=1S/C32H31F2N5O4/c1-4-21-23(33)8-7-18-14-20(40)15-22(25(18)21)28-27(34)29-26-30(37-32(36-29)43-17(2)24-6-5-10-38(24)3)39(19-9-12-41-16-19)11-13-42-31(26)35-28/h1,7-8,14-15,17,19,24,40H,5-6,9-13,16H2,2-3H3/t17-,19?,24-/m0/s1. The van der Waals surface area contributed by atoms with Gasteiger partial charge in [0.25, 0.3) is 0 Å². The number of hydrogen-bond donors (Lipinski definition) is 1. The van der Waals surface area contributed by atoms with Gasteiger partial charge in [0.15, 0.2) is 5.82 Å². The van der Waals surface area contributed by atoms with E-state index in [-0.39, 0.29) is 70.2 Å². The van der Waals surface area contributed by atoms with E-state index in [1.165, 1.54) is 24.3 Å². The van der Waals surface area contributed by atoms with Crippen LogP contribution in [-0.2, 0) is 4.74 Å². The molecule has 2 saturated heterocycles. The Bertz CT molecular complexity index is 1790. The van der Waals surface area contributed by atoms with E-state index < -0.39 is 11.6 Å². The SMILES string of the molecule is C#Cc1c(F)ccc2cc(O)cc(-c3nc4c5c(nc(O[C@@H](C)[C@@H]6CCCN6C)nc5c3F)N(C3CCOC3)CCO4)c12. The second kappa shape index (κ2) is 10.8. The first-order valence-electron chi connectivity index (χ1n) is 14.5. The van der Waals surface area contributed by atoms with Gasteiger partial charge in [-0.2, -0.15) is 9.97 Å². The summed E-state index contributed by atoms with van der Waals surface area (Å²) in [5.41, 5.74) is -0.166. The molecule has 0 spiro atoms. The van der Waals surface area contributed by atoms with Gasteiger partial charge in [-0.1, -0.05) is 12.0 Å². The maximum Gasteiger partial charge on any atom is 0.319 e. The van der Waals surface area contributed by atoms with E-state index in [0.29, 0.717) is 36.3 Å². The average molecular weight is 588 g/mol. The van der Waals surface area contributed by atoms with Crippen molar-refractivity contribution in [2.45, 2.75) is 44.4 Å². The summed E-state index contributed by atoms with van der Waals surface area (Å²) in [6, 6.07) is 5.69. The molecular weight excluding hydrogens is 556 g/mol. The van der Waals surface area contributed by atoms with Gasteiger partial charge in [0.1, 0.15) is 46.7 Å². The lowest BCUT2D eigenvalue weighted by Gasteiger charge is -2.29.